The quantitative estimate of drug-likeness (QED) is 0.0546. The Bertz CT molecular complexity index is 6500. The third-order valence-electron chi connectivity index (χ3n) is 20.6. The van der Waals surface area contributed by atoms with E-state index in [1.165, 1.54) is 155 Å². The first kappa shape index (κ1) is 123. The summed E-state index contributed by atoms with van der Waals surface area (Å²) < 4.78 is 5.87. The molecule has 0 aromatic heterocycles. The van der Waals surface area contributed by atoms with Crippen molar-refractivity contribution in [1.29, 1.82) is 0 Å². The highest BCUT2D eigenvalue weighted by Crippen LogP contribution is 2.36. The zero-order valence-corrected chi connectivity index (χ0v) is 90.8. The molecule has 0 unspecified atom stereocenters. The third-order valence-corrected chi connectivity index (χ3v) is 21.3. The zero-order chi connectivity index (χ0) is 104. The number of carbonyl (C=O) groups is 2. The van der Waals surface area contributed by atoms with Gasteiger partial charge in [-0.2, -0.15) is 0 Å². The average molecular weight is 2010 g/mol. The number of rotatable bonds is 7. The molecule has 0 atom stereocenters. The lowest BCUT2D eigenvalue weighted by atomic mass is 9.79. The van der Waals surface area contributed by atoms with Crippen LogP contribution in [-0.2, 0) is 4.74 Å². The lowest BCUT2D eigenvalue weighted by molar-refractivity contribution is 0.111. The van der Waals surface area contributed by atoms with Crippen molar-refractivity contribution in [3.63, 3.8) is 0 Å². The Hall–Kier alpha value is -12.8. The van der Waals surface area contributed by atoms with Crippen molar-refractivity contribution in [3.8, 4) is 22.3 Å². The lowest BCUT2D eigenvalue weighted by Crippen LogP contribution is -2.29. The molecule has 140 heavy (non-hydrogen) atoms. The monoisotopic (exact) mass is 2000 g/mol. The Kier molecular flexibility index (Phi) is 65.5. The molecular formula is C129H144BBrCl4O5. The van der Waals surface area contributed by atoms with E-state index in [0.29, 0.717) is 11.0 Å². The molecule has 2 N–H and O–H groups in total. The number of alkyl halides is 4. The van der Waals surface area contributed by atoms with Gasteiger partial charge < -0.3 is 14.8 Å². The van der Waals surface area contributed by atoms with Crippen molar-refractivity contribution < 1.29 is 24.4 Å². The van der Waals surface area contributed by atoms with Gasteiger partial charge in [0.05, 0.1) is 13.4 Å². The maximum absolute atomic E-state index is 11.1. The van der Waals surface area contributed by atoms with Crippen LogP contribution in [0, 0.1) is 0 Å². The maximum atomic E-state index is 11.1. The van der Waals surface area contributed by atoms with E-state index in [0.717, 1.165) is 50.1 Å². The van der Waals surface area contributed by atoms with E-state index in [1.54, 1.807) is 31.6 Å². The molecule has 0 aliphatic carbocycles. The summed E-state index contributed by atoms with van der Waals surface area (Å²) >= 11 is 21.8. The van der Waals surface area contributed by atoms with Gasteiger partial charge in [0.15, 0.2) is 12.6 Å². The molecule has 5 nitrogen and oxygen atoms in total. The molecule has 0 saturated carbocycles. The number of methoxy groups -OCH3 is 1. The summed E-state index contributed by atoms with van der Waals surface area (Å²) in [6.45, 7) is 36.0. The number of hydrogen-bond donors (Lipinski definition) is 2. The fraction of sp³-hybridized carbons (Fsp3) is 0.178. The molecule has 21 aromatic rings. The normalized spacial score (nSPS) is 9.39. The predicted molar refractivity (Wildman–Crippen MR) is 640 cm³/mol. The first-order valence-corrected chi connectivity index (χ1v) is 52.2. The zero-order valence-electron chi connectivity index (χ0n) is 86.2. The van der Waals surface area contributed by atoms with Gasteiger partial charge in [-0.1, -0.05) is 541 Å². The van der Waals surface area contributed by atoms with E-state index in [1.807, 2.05) is 222 Å². The molecule has 728 valence electrons. The lowest BCUT2D eigenvalue weighted by Gasteiger charge is -2.08. The molecular weight excluding hydrogens is 1860 g/mol. The van der Waals surface area contributed by atoms with Crippen LogP contribution in [0.1, 0.15) is 151 Å². The molecule has 21 rings (SSSR count). The van der Waals surface area contributed by atoms with Gasteiger partial charge in [0.25, 0.3) is 0 Å². The maximum Gasteiger partial charge on any atom is 0.488 e. The minimum absolute atomic E-state index is 0.527. The molecule has 0 amide bonds. The summed E-state index contributed by atoms with van der Waals surface area (Å²) in [5.74, 6) is 0. The average Bonchev–Trinajstić information content (AvgIpc) is 0.771. The summed E-state index contributed by atoms with van der Waals surface area (Å²) in [6.07, 6.45) is 11.3. The fourth-order valence-corrected chi connectivity index (χ4v) is 15.3. The van der Waals surface area contributed by atoms with Crippen molar-refractivity contribution in [2.45, 2.75) is 125 Å². The third kappa shape index (κ3) is 35.8. The van der Waals surface area contributed by atoms with Crippen LogP contribution in [0.25, 0.3) is 158 Å². The smallest absolute Gasteiger partial charge is 0.488 e. The number of fused-ring (bicyclic) bond motifs is 18. The summed E-state index contributed by atoms with van der Waals surface area (Å²) in [6, 6.07) is 144. The standard InChI is InChI=1S/C19H16O.3C18H12.C17H12O.C10H9BO2.C7H5BrO.9C2H6.4CH3Cl/c1-20-13-12-16-7-4-5-9-19(16)18-11-10-15-6-2-3-8-17(15)14-18;3*1-3-7-15-13(5-1)9-11-18-16-8-4-2-6-14(16)10-12-17(15)18;18-12-16-7-3-4-8-17(16)15-10-9-13-5-1-2-6-14(13)11-15;12-11(13)10-6-5-8-3-1-2-4-9(8)7-10;8-7-4-2-1-3-6(7)5-9;13*1-2/h2-14H,1H3;4*1-12H;1-7,12-13H;1-5H;9*1-2H3;4*1H3/b13-12+;;;;;;;;;;;;;;;;;;;. The number of ether oxygens (including phenoxy) is 1. The minimum atomic E-state index is -1.38. The van der Waals surface area contributed by atoms with Crippen molar-refractivity contribution in [3.05, 3.63) is 446 Å². The van der Waals surface area contributed by atoms with E-state index in [2.05, 4.69) is 372 Å². The SMILES string of the molecule is CC.CC.CC.CC.CC.CC.CC.CC.CC.CCl.CCl.CCl.CCl.CO/C=C/c1ccccc1-c1ccc2ccccc2c1.O=Cc1ccccc1-c1ccc2ccccc2c1.O=Cc1ccccc1Br.OB(O)c1ccc2ccccc2c1.c1ccc2c(c1)ccc1c3ccccc3ccc21.c1ccc2c(c1)ccc1c3ccccc3ccc21.c1ccc2c(c1)ccc1c3ccccc3ccc21. The van der Waals surface area contributed by atoms with Crippen LogP contribution in [0.2, 0.25) is 0 Å². The van der Waals surface area contributed by atoms with Crippen LogP contribution in [0.15, 0.2) is 429 Å². The van der Waals surface area contributed by atoms with Gasteiger partial charge in [-0.3, -0.25) is 9.59 Å². The molecule has 21 aromatic carbocycles. The van der Waals surface area contributed by atoms with Crippen LogP contribution in [-0.4, -0.2) is 62.4 Å². The number of halogens is 5. The topological polar surface area (TPSA) is 83.8 Å². The Labute approximate surface area is 865 Å². The number of hydrogen-bond acceptors (Lipinski definition) is 5. The van der Waals surface area contributed by atoms with Crippen molar-refractivity contribution >= 4 is 223 Å². The number of aldehydes is 2. The van der Waals surface area contributed by atoms with E-state index in [-0.39, 0.29) is 0 Å². The summed E-state index contributed by atoms with van der Waals surface area (Å²) in [5.41, 5.74) is 7.61. The summed E-state index contributed by atoms with van der Waals surface area (Å²) in [7, 11) is 0.277. The first-order chi connectivity index (χ1) is 69.2. The van der Waals surface area contributed by atoms with E-state index in [4.69, 9.17) is 14.8 Å². The van der Waals surface area contributed by atoms with Crippen molar-refractivity contribution in [2.75, 3.05) is 32.6 Å². The predicted octanol–water partition coefficient (Wildman–Crippen LogP) is 40.3. The van der Waals surface area contributed by atoms with E-state index < -0.39 is 7.12 Å². The van der Waals surface area contributed by atoms with Crippen LogP contribution in [0.5, 0.6) is 0 Å². The molecule has 0 aliphatic rings. The van der Waals surface area contributed by atoms with Gasteiger partial charge in [0.1, 0.15) is 0 Å². The second-order valence-electron chi connectivity index (χ2n) is 27.6. The minimum Gasteiger partial charge on any atom is -0.504 e. The Morgan fingerprint density at radius 3 is 0.686 bits per heavy atom. The van der Waals surface area contributed by atoms with Gasteiger partial charge in [-0.25, -0.2) is 0 Å². The van der Waals surface area contributed by atoms with Gasteiger partial charge in [-0.15, -0.1) is 46.4 Å². The molecule has 11 heteroatoms. The number of benzene rings is 21. The fourth-order valence-electron chi connectivity index (χ4n) is 14.9. The highest BCUT2D eigenvalue weighted by Gasteiger charge is 2.12. The second kappa shape index (κ2) is 74.3. The van der Waals surface area contributed by atoms with E-state index in [9.17, 15) is 9.59 Å². The molecule has 0 bridgehead atoms. The molecule has 0 saturated heterocycles. The molecule has 0 spiro atoms. The second-order valence-corrected chi connectivity index (χ2v) is 28.4. The molecule has 0 aliphatic heterocycles. The molecule has 0 heterocycles. The molecule has 0 fully saturated rings. The highest BCUT2D eigenvalue weighted by atomic mass is 79.9. The van der Waals surface area contributed by atoms with Crippen LogP contribution in [0.4, 0.5) is 0 Å². The summed E-state index contributed by atoms with van der Waals surface area (Å²) in [4.78, 5) is 21.3. The van der Waals surface area contributed by atoms with Crippen LogP contribution in [0.3, 0.4) is 0 Å². The van der Waals surface area contributed by atoms with Gasteiger partial charge in [0.2, 0.25) is 0 Å². The van der Waals surface area contributed by atoms with Gasteiger partial charge >= 0.3 is 7.12 Å². The molecule has 0 radical (unpaired) electrons. The Balaban J connectivity index is 0.000000534. The first-order valence-electron chi connectivity index (χ1n) is 48.4. The Morgan fingerprint density at radius 1 is 0.221 bits per heavy atom. The largest absolute Gasteiger partial charge is 0.504 e. The number of carbonyl (C=O) groups excluding carboxylic acids is 2. The highest BCUT2D eigenvalue weighted by molar-refractivity contribution is 9.10. The van der Waals surface area contributed by atoms with Crippen LogP contribution < -0.4 is 5.46 Å². The van der Waals surface area contributed by atoms with Gasteiger partial charge in [0, 0.05) is 41.1 Å². The Morgan fingerprint density at radius 2 is 0.429 bits per heavy atom. The summed E-state index contributed by atoms with van der Waals surface area (Å²) in [5, 5.41) is 48.8. The van der Waals surface area contributed by atoms with Crippen molar-refractivity contribution in [2.24, 2.45) is 0 Å². The van der Waals surface area contributed by atoms with E-state index >= 15 is 0 Å². The van der Waals surface area contributed by atoms with Gasteiger partial charge in [-0.05, 0) is 187 Å². The van der Waals surface area contributed by atoms with Crippen LogP contribution >= 0.6 is 62.3 Å². The van der Waals surface area contributed by atoms with Crippen molar-refractivity contribution in [1.82, 2.24) is 0 Å².